The number of nitrogens with zero attached hydrogens (tertiary/aromatic N) is 2. The average molecular weight is 229 g/mol. The van der Waals surface area contributed by atoms with Crippen molar-refractivity contribution in [2.24, 2.45) is 0 Å². The summed E-state index contributed by atoms with van der Waals surface area (Å²) in [5.74, 6) is 0. The highest BCUT2D eigenvalue weighted by molar-refractivity contribution is 4.74. The lowest BCUT2D eigenvalue weighted by Gasteiger charge is -2.32. The zero-order valence-corrected chi connectivity index (χ0v) is 9.90. The lowest BCUT2D eigenvalue weighted by molar-refractivity contribution is 0.00612. The van der Waals surface area contributed by atoms with Gasteiger partial charge < -0.3 is 15.2 Å². The molecule has 2 aliphatic rings. The molecule has 0 aromatic heterocycles. The molecule has 0 aliphatic carbocycles. The fourth-order valence-electron chi connectivity index (χ4n) is 2.33. The number of nitrogens with one attached hydrogen (secondary N) is 1. The molecule has 2 aliphatic heterocycles. The third kappa shape index (κ3) is 3.99. The molecule has 2 saturated heterocycles. The van der Waals surface area contributed by atoms with E-state index in [0.717, 1.165) is 65.6 Å². The smallest absolute Gasteiger partial charge is 0.0793 e. The van der Waals surface area contributed by atoms with Gasteiger partial charge >= 0.3 is 0 Å². The van der Waals surface area contributed by atoms with Crippen molar-refractivity contribution in [3.8, 4) is 0 Å². The van der Waals surface area contributed by atoms with Crippen molar-refractivity contribution >= 4 is 0 Å². The molecule has 94 valence electrons. The number of aliphatic hydroxyl groups excluding tert-OH is 1. The monoisotopic (exact) mass is 229 g/mol. The van der Waals surface area contributed by atoms with Crippen molar-refractivity contribution in [3.05, 3.63) is 0 Å². The molecule has 16 heavy (non-hydrogen) atoms. The molecule has 0 aromatic carbocycles. The third-order valence-electron chi connectivity index (χ3n) is 3.25. The molecule has 0 amide bonds. The lowest BCUT2D eigenvalue weighted by atomic mass is 10.2. The van der Waals surface area contributed by atoms with Gasteiger partial charge in [0, 0.05) is 52.4 Å². The molecule has 2 rings (SSSR count). The molecule has 0 saturated carbocycles. The van der Waals surface area contributed by atoms with Crippen molar-refractivity contribution in [3.63, 3.8) is 0 Å². The molecule has 2 fully saturated rings. The summed E-state index contributed by atoms with van der Waals surface area (Å²) >= 11 is 0. The van der Waals surface area contributed by atoms with Gasteiger partial charge in [-0.15, -0.1) is 0 Å². The lowest BCUT2D eigenvalue weighted by Crippen LogP contribution is -2.49. The van der Waals surface area contributed by atoms with Gasteiger partial charge in [-0.3, -0.25) is 9.80 Å². The highest BCUT2D eigenvalue weighted by Gasteiger charge is 2.18. The standard InChI is InChI=1S/C11H23N3O2/c15-11(9-13-3-1-12-2-4-13)10-14-5-7-16-8-6-14/h11-12,15H,1-10H2. The minimum atomic E-state index is -0.226. The summed E-state index contributed by atoms with van der Waals surface area (Å²) in [6.45, 7) is 9.32. The van der Waals surface area contributed by atoms with Gasteiger partial charge in [-0.25, -0.2) is 0 Å². The van der Waals surface area contributed by atoms with Crippen molar-refractivity contribution in [1.82, 2.24) is 15.1 Å². The number of β-amino-alcohol motifs (C(OH)–C–C–N with tert-alkyl or cyclic N) is 1. The van der Waals surface area contributed by atoms with E-state index in [1.54, 1.807) is 0 Å². The first kappa shape index (κ1) is 12.3. The van der Waals surface area contributed by atoms with Crippen LogP contribution in [0.25, 0.3) is 0 Å². The van der Waals surface area contributed by atoms with Gasteiger partial charge in [0.2, 0.25) is 0 Å². The first-order valence-corrected chi connectivity index (χ1v) is 6.26. The second kappa shape index (κ2) is 6.51. The first-order valence-electron chi connectivity index (χ1n) is 6.26. The second-order valence-corrected chi connectivity index (χ2v) is 4.62. The molecular weight excluding hydrogens is 206 g/mol. The summed E-state index contributed by atoms with van der Waals surface area (Å²) in [6, 6.07) is 0. The summed E-state index contributed by atoms with van der Waals surface area (Å²) in [5, 5.41) is 13.3. The van der Waals surface area contributed by atoms with Crippen molar-refractivity contribution in [1.29, 1.82) is 0 Å². The largest absolute Gasteiger partial charge is 0.390 e. The molecule has 0 bridgehead atoms. The number of aliphatic hydroxyl groups is 1. The first-order chi connectivity index (χ1) is 7.84. The van der Waals surface area contributed by atoms with E-state index in [9.17, 15) is 5.11 Å². The molecule has 2 heterocycles. The Kier molecular flexibility index (Phi) is 4.99. The molecule has 2 N–H and O–H groups in total. The highest BCUT2D eigenvalue weighted by atomic mass is 16.5. The predicted molar refractivity (Wildman–Crippen MR) is 62.6 cm³/mol. The maximum absolute atomic E-state index is 10.0. The summed E-state index contributed by atoms with van der Waals surface area (Å²) in [5.41, 5.74) is 0. The van der Waals surface area contributed by atoms with Crippen LogP contribution >= 0.6 is 0 Å². The molecule has 0 radical (unpaired) electrons. The maximum Gasteiger partial charge on any atom is 0.0793 e. The summed E-state index contributed by atoms with van der Waals surface area (Å²) in [4.78, 5) is 4.62. The Morgan fingerprint density at radius 2 is 1.56 bits per heavy atom. The Morgan fingerprint density at radius 1 is 1.00 bits per heavy atom. The third-order valence-corrected chi connectivity index (χ3v) is 3.25. The number of morpholine rings is 1. The maximum atomic E-state index is 10.0. The Labute approximate surface area is 97.4 Å². The van der Waals surface area contributed by atoms with Gasteiger partial charge in [0.05, 0.1) is 19.3 Å². The molecule has 5 heteroatoms. The summed E-state index contributed by atoms with van der Waals surface area (Å²) in [7, 11) is 0. The van der Waals surface area contributed by atoms with Crippen LogP contribution in [-0.4, -0.2) is 86.6 Å². The fraction of sp³-hybridized carbons (Fsp3) is 1.00. The molecule has 0 spiro atoms. The molecule has 1 unspecified atom stereocenters. The van der Waals surface area contributed by atoms with E-state index < -0.39 is 0 Å². The number of piperazine rings is 1. The zero-order chi connectivity index (χ0) is 11.2. The van der Waals surface area contributed by atoms with Crippen molar-refractivity contribution in [2.45, 2.75) is 6.10 Å². The van der Waals surface area contributed by atoms with Gasteiger partial charge in [-0.2, -0.15) is 0 Å². The van der Waals surface area contributed by atoms with Gasteiger partial charge in [-0.05, 0) is 0 Å². The van der Waals surface area contributed by atoms with E-state index in [1.807, 2.05) is 0 Å². The average Bonchev–Trinajstić information content (AvgIpc) is 2.31. The van der Waals surface area contributed by atoms with E-state index in [4.69, 9.17) is 4.74 Å². The van der Waals surface area contributed by atoms with Crippen LogP contribution in [0, 0.1) is 0 Å². The number of ether oxygens (including phenoxy) is 1. The zero-order valence-electron chi connectivity index (χ0n) is 9.90. The van der Waals surface area contributed by atoms with Crippen LogP contribution in [0.5, 0.6) is 0 Å². The molecule has 1 atom stereocenters. The van der Waals surface area contributed by atoms with Crippen molar-refractivity contribution < 1.29 is 9.84 Å². The highest BCUT2D eigenvalue weighted by Crippen LogP contribution is 2.01. The van der Waals surface area contributed by atoms with E-state index in [2.05, 4.69) is 15.1 Å². The minimum absolute atomic E-state index is 0.226. The predicted octanol–water partition coefficient (Wildman–Crippen LogP) is -1.42. The molecular formula is C11H23N3O2. The van der Waals surface area contributed by atoms with Crippen LogP contribution in [0.15, 0.2) is 0 Å². The fourth-order valence-corrected chi connectivity index (χ4v) is 2.33. The number of rotatable bonds is 4. The Hall–Kier alpha value is -0.200. The SMILES string of the molecule is OC(CN1CCNCC1)CN1CCOCC1. The van der Waals surface area contributed by atoms with Crippen LogP contribution in [0.2, 0.25) is 0 Å². The molecule has 0 aromatic rings. The number of hydrogen-bond acceptors (Lipinski definition) is 5. The van der Waals surface area contributed by atoms with Crippen LogP contribution in [0.1, 0.15) is 0 Å². The quantitative estimate of drug-likeness (QED) is 0.620. The van der Waals surface area contributed by atoms with Gasteiger partial charge in [-0.1, -0.05) is 0 Å². The van der Waals surface area contributed by atoms with Crippen LogP contribution in [-0.2, 0) is 4.74 Å². The summed E-state index contributed by atoms with van der Waals surface area (Å²) < 4.78 is 5.29. The van der Waals surface area contributed by atoms with Gasteiger partial charge in [0.1, 0.15) is 0 Å². The Balaban J connectivity index is 1.64. The van der Waals surface area contributed by atoms with E-state index in [1.165, 1.54) is 0 Å². The topological polar surface area (TPSA) is 48.0 Å². The van der Waals surface area contributed by atoms with Crippen LogP contribution in [0.3, 0.4) is 0 Å². The van der Waals surface area contributed by atoms with Crippen LogP contribution < -0.4 is 5.32 Å². The molecule has 5 nitrogen and oxygen atoms in total. The minimum Gasteiger partial charge on any atom is -0.390 e. The number of hydrogen-bond donors (Lipinski definition) is 2. The Bertz CT molecular complexity index is 172. The van der Waals surface area contributed by atoms with E-state index in [-0.39, 0.29) is 6.10 Å². The summed E-state index contributed by atoms with van der Waals surface area (Å²) in [6.07, 6.45) is -0.226. The van der Waals surface area contributed by atoms with Gasteiger partial charge in [0.25, 0.3) is 0 Å². The Morgan fingerprint density at radius 3 is 2.19 bits per heavy atom. The van der Waals surface area contributed by atoms with E-state index in [0.29, 0.717) is 0 Å². The normalized spacial score (nSPS) is 26.8. The second-order valence-electron chi connectivity index (χ2n) is 4.62. The van der Waals surface area contributed by atoms with Crippen molar-refractivity contribution in [2.75, 3.05) is 65.6 Å². The van der Waals surface area contributed by atoms with Crippen LogP contribution in [0.4, 0.5) is 0 Å². The van der Waals surface area contributed by atoms with E-state index >= 15 is 0 Å². The van der Waals surface area contributed by atoms with Gasteiger partial charge in [0.15, 0.2) is 0 Å².